The molecule has 0 saturated carbocycles. The smallest absolute Gasteiger partial charge is 0.312 e. The summed E-state index contributed by atoms with van der Waals surface area (Å²) >= 11 is 0. The van der Waals surface area contributed by atoms with Crippen LogP contribution in [0.15, 0.2) is 0 Å². The fourth-order valence-corrected chi connectivity index (χ4v) is 2.31. The van der Waals surface area contributed by atoms with Crippen molar-refractivity contribution in [2.24, 2.45) is 21.7 Å². The summed E-state index contributed by atoms with van der Waals surface area (Å²) in [7, 11) is 0. The van der Waals surface area contributed by atoms with Crippen LogP contribution in [0.4, 0.5) is 0 Å². The van der Waals surface area contributed by atoms with Gasteiger partial charge in [0.15, 0.2) is 0 Å². The van der Waals surface area contributed by atoms with Gasteiger partial charge in [-0.1, -0.05) is 62.3 Å². The van der Waals surface area contributed by atoms with Crippen LogP contribution in [0, 0.1) is 21.7 Å². The van der Waals surface area contributed by atoms with Crippen molar-refractivity contribution < 1.29 is 9.53 Å². The highest BCUT2D eigenvalue weighted by molar-refractivity contribution is 5.77. The zero-order valence-electron chi connectivity index (χ0n) is 15.4. The van der Waals surface area contributed by atoms with Gasteiger partial charge >= 0.3 is 5.97 Å². The Balaban J connectivity index is 4.94. The van der Waals surface area contributed by atoms with E-state index in [2.05, 4.69) is 69.2 Å². The predicted octanol–water partition coefficient (Wildman–Crippen LogP) is 5.45. The van der Waals surface area contributed by atoms with Crippen LogP contribution in [-0.2, 0) is 9.53 Å². The van der Waals surface area contributed by atoms with Gasteiger partial charge in [0.25, 0.3) is 0 Å². The second-order valence-corrected chi connectivity index (χ2v) is 9.77. The van der Waals surface area contributed by atoms with E-state index in [0.29, 0.717) is 6.61 Å². The van der Waals surface area contributed by atoms with Gasteiger partial charge in [-0.05, 0) is 36.0 Å². The third-order valence-corrected chi connectivity index (χ3v) is 4.07. The fourth-order valence-electron chi connectivity index (χ4n) is 2.31. The number of ether oxygens (including phenoxy) is 1. The summed E-state index contributed by atoms with van der Waals surface area (Å²) in [5.41, 5.74) is -0.268. The first-order chi connectivity index (χ1) is 8.58. The predicted molar refractivity (Wildman–Crippen MR) is 86.7 cm³/mol. The minimum absolute atomic E-state index is 0.0517. The van der Waals surface area contributed by atoms with E-state index in [0.717, 1.165) is 12.8 Å². The molecule has 0 rings (SSSR count). The molecule has 0 saturated heterocycles. The molecule has 0 aliphatic rings. The zero-order chi connectivity index (χ0) is 16.4. The average Bonchev–Trinajstić information content (AvgIpc) is 2.10. The van der Waals surface area contributed by atoms with Crippen molar-refractivity contribution >= 4 is 5.97 Å². The minimum Gasteiger partial charge on any atom is -0.465 e. The van der Waals surface area contributed by atoms with Crippen LogP contribution >= 0.6 is 0 Å². The SMILES string of the molecule is CC(C)(C)CCOC(=O)C(C)(CC(C)(C)C)C(C)(C)C. The van der Waals surface area contributed by atoms with E-state index in [9.17, 15) is 4.79 Å². The Morgan fingerprint density at radius 3 is 1.55 bits per heavy atom. The van der Waals surface area contributed by atoms with Gasteiger partial charge in [0.05, 0.1) is 12.0 Å². The molecule has 0 heterocycles. The summed E-state index contributed by atoms with van der Waals surface area (Å²) in [6, 6.07) is 0. The molecule has 0 aromatic carbocycles. The third-order valence-electron chi connectivity index (χ3n) is 4.07. The third kappa shape index (κ3) is 6.28. The summed E-state index contributed by atoms with van der Waals surface area (Å²) in [5, 5.41) is 0. The van der Waals surface area contributed by atoms with E-state index >= 15 is 0 Å². The average molecular weight is 284 g/mol. The topological polar surface area (TPSA) is 26.3 Å². The van der Waals surface area contributed by atoms with Crippen molar-refractivity contribution in [1.29, 1.82) is 0 Å². The van der Waals surface area contributed by atoms with Crippen LogP contribution in [0.3, 0.4) is 0 Å². The molecule has 0 aromatic heterocycles. The molecule has 0 N–H and O–H groups in total. The van der Waals surface area contributed by atoms with Crippen LogP contribution in [0.25, 0.3) is 0 Å². The highest BCUT2D eigenvalue weighted by atomic mass is 16.5. The summed E-state index contributed by atoms with van der Waals surface area (Å²) in [4.78, 5) is 12.7. The van der Waals surface area contributed by atoms with E-state index in [-0.39, 0.29) is 22.2 Å². The Kier molecular flexibility index (Phi) is 5.91. The lowest BCUT2D eigenvalue weighted by atomic mass is 9.61. The van der Waals surface area contributed by atoms with Gasteiger partial charge in [0.2, 0.25) is 0 Å². The first-order valence-corrected chi connectivity index (χ1v) is 7.76. The minimum atomic E-state index is -0.455. The number of esters is 1. The van der Waals surface area contributed by atoms with E-state index in [1.165, 1.54) is 0 Å². The van der Waals surface area contributed by atoms with Crippen LogP contribution < -0.4 is 0 Å². The molecule has 0 aromatic rings. The molecule has 1 atom stereocenters. The lowest BCUT2D eigenvalue weighted by Crippen LogP contribution is -2.44. The van der Waals surface area contributed by atoms with Gasteiger partial charge in [-0.25, -0.2) is 0 Å². The molecule has 1 unspecified atom stereocenters. The molecule has 120 valence electrons. The quantitative estimate of drug-likeness (QED) is 0.641. The monoisotopic (exact) mass is 284 g/mol. The van der Waals surface area contributed by atoms with E-state index in [4.69, 9.17) is 4.74 Å². The second-order valence-electron chi connectivity index (χ2n) is 9.77. The molecule has 0 aliphatic heterocycles. The molecule has 0 spiro atoms. The number of hydrogen-bond donors (Lipinski definition) is 0. The fraction of sp³-hybridized carbons (Fsp3) is 0.944. The number of rotatable bonds is 4. The summed E-state index contributed by atoms with van der Waals surface area (Å²) in [6.45, 7) is 22.0. The van der Waals surface area contributed by atoms with Gasteiger partial charge in [-0.3, -0.25) is 4.79 Å². The Morgan fingerprint density at radius 1 is 0.800 bits per heavy atom. The van der Waals surface area contributed by atoms with E-state index < -0.39 is 5.41 Å². The van der Waals surface area contributed by atoms with Crippen molar-refractivity contribution in [2.75, 3.05) is 6.61 Å². The number of hydrogen-bond acceptors (Lipinski definition) is 2. The van der Waals surface area contributed by atoms with Crippen LogP contribution in [-0.4, -0.2) is 12.6 Å². The number of carbonyl (C=O) groups excluding carboxylic acids is 1. The van der Waals surface area contributed by atoms with Crippen molar-refractivity contribution in [3.05, 3.63) is 0 Å². The molecule has 2 heteroatoms. The molecule has 0 bridgehead atoms. The highest BCUT2D eigenvalue weighted by Gasteiger charge is 2.47. The summed E-state index contributed by atoms with van der Waals surface area (Å²) < 4.78 is 5.62. The Morgan fingerprint density at radius 2 is 1.25 bits per heavy atom. The lowest BCUT2D eigenvalue weighted by molar-refractivity contribution is -0.165. The molecule has 0 fully saturated rings. The van der Waals surface area contributed by atoms with Crippen LogP contribution in [0.1, 0.15) is 82.1 Å². The first kappa shape index (κ1) is 19.5. The standard InChI is InChI=1S/C18H36O2/c1-15(2,3)11-12-20-14(19)18(10,17(7,8)9)13-16(4,5)6/h11-13H2,1-10H3. The van der Waals surface area contributed by atoms with Gasteiger partial charge in [-0.2, -0.15) is 0 Å². The van der Waals surface area contributed by atoms with E-state index in [1.807, 2.05) is 0 Å². The first-order valence-electron chi connectivity index (χ1n) is 7.76. The van der Waals surface area contributed by atoms with Crippen molar-refractivity contribution in [2.45, 2.75) is 82.1 Å². The molecule has 0 radical (unpaired) electrons. The molecule has 2 nitrogen and oxygen atoms in total. The normalized spacial score (nSPS) is 16.7. The largest absolute Gasteiger partial charge is 0.465 e. The lowest BCUT2D eigenvalue weighted by Gasteiger charge is -2.43. The van der Waals surface area contributed by atoms with Crippen molar-refractivity contribution in [3.63, 3.8) is 0 Å². The maximum Gasteiger partial charge on any atom is 0.312 e. The number of carbonyl (C=O) groups is 1. The molecule has 0 aliphatic carbocycles. The van der Waals surface area contributed by atoms with Gasteiger partial charge in [0, 0.05) is 0 Å². The van der Waals surface area contributed by atoms with Crippen molar-refractivity contribution in [3.8, 4) is 0 Å². The second kappa shape index (κ2) is 6.07. The summed E-state index contributed by atoms with van der Waals surface area (Å²) in [5.74, 6) is -0.0517. The Bertz CT molecular complexity index is 323. The van der Waals surface area contributed by atoms with Gasteiger partial charge < -0.3 is 4.74 Å². The molecular weight excluding hydrogens is 248 g/mol. The highest BCUT2D eigenvalue weighted by Crippen LogP contribution is 2.47. The van der Waals surface area contributed by atoms with Crippen LogP contribution in [0.2, 0.25) is 0 Å². The van der Waals surface area contributed by atoms with Crippen molar-refractivity contribution in [1.82, 2.24) is 0 Å². The Hall–Kier alpha value is -0.530. The van der Waals surface area contributed by atoms with Gasteiger partial charge in [-0.15, -0.1) is 0 Å². The molecule has 20 heavy (non-hydrogen) atoms. The maximum atomic E-state index is 12.7. The maximum absolute atomic E-state index is 12.7. The summed E-state index contributed by atoms with van der Waals surface area (Å²) in [6.07, 6.45) is 1.73. The van der Waals surface area contributed by atoms with Crippen LogP contribution in [0.5, 0.6) is 0 Å². The zero-order valence-corrected chi connectivity index (χ0v) is 15.4. The molecular formula is C18H36O2. The molecule has 0 amide bonds. The van der Waals surface area contributed by atoms with E-state index in [1.54, 1.807) is 0 Å². The van der Waals surface area contributed by atoms with Gasteiger partial charge in [0.1, 0.15) is 0 Å². The Labute approximate surface area is 126 Å².